The molecule has 3 N–H and O–H groups in total. The predicted molar refractivity (Wildman–Crippen MR) is 68.1 cm³/mol. The van der Waals surface area contributed by atoms with E-state index < -0.39 is 17.9 Å². The molecule has 0 spiro atoms. The van der Waals surface area contributed by atoms with Gasteiger partial charge in [-0.1, -0.05) is 12.1 Å². The average molecular weight is 268 g/mol. The number of carbonyl (C=O) groups excluding carboxylic acids is 1. The van der Waals surface area contributed by atoms with Crippen molar-refractivity contribution in [3.05, 3.63) is 35.6 Å². The molecule has 1 aromatic carbocycles. The maximum Gasteiger partial charge on any atom is 0.327 e. The van der Waals surface area contributed by atoms with Gasteiger partial charge in [-0.2, -0.15) is 0 Å². The van der Waals surface area contributed by atoms with Crippen LogP contribution in [0.25, 0.3) is 0 Å². The molecule has 0 bridgehead atoms. The first-order valence-corrected chi connectivity index (χ1v) is 5.89. The molecule has 6 heteroatoms. The van der Waals surface area contributed by atoms with Gasteiger partial charge < -0.3 is 15.7 Å². The summed E-state index contributed by atoms with van der Waals surface area (Å²) in [5.41, 5.74) is 0.715. The number of rotatable bonds is 6. The van der Waals surface area contributed by atoms with Crippen LogP contribution in [-0.4, -0.2) is 29.6 Å². The maximum atomic E-state index is 13.0. The lowest BCUT2D eigenvalue weighted by atomic mass is 10.1. The van der Waals surface area contributed by atoms with Gasteiger partial charge in [0, 0.05) is 19.5 Å². The minimum absolute atomic E-state index is 0.0621. The first-order chi connectivity index (χ1) is 8.90. The van der Waals surface area contributed by atoms with Crippen molar-refractivity contribution in [1.82, 2.24) is 10.6 Å². The molecule has 0 heterocycles. The van der Waals surface area contributed by atoms with Gasteiger partial charge in [0.1, 0.15) is 11.9 Å². The molecule has 0 fully saturated rings. The summed E-state index contributed by atoms with van der Waals surface area (Å²) in [6.07, 6.45) is 0. The third kappa shape index (κ3) is 5.05. The van der Waals surface area contributed by atoms with Gasteiger partial charge in [0.15, 0.2) is 0 Å². The lowest BCUT2D eigenvalue weighted by molar-refractivity contribution is -0.141. The summed E-state index contributed by atoms with van der Waals surface area (Å²) in [6.45, 7) is 3.11. The highest BCUT2D eigenvalue weighted by Gasteiger charge is 2.19. The molecule has 1 aromatic rings. The zero-order valence-electron chi connectivity index (χ0n) is 10.8. The number of aliphatic carboxylic acids is 1. The van der Waals surface area contributed by atoms with E-state index in [1.54, 1.807) is 19.1 Å². The van der Waals surface area contributed by atoms with E-state index in [4.69, 9.17) is 5.11 Å². The fourth-order valence-corrected chi connectivity index (χ4v) is 1.63. The first kappa shape index (κ1) is 15.1. The third-order valence-electron chi connectivity index (χ3n) is 2.65. The molecule has 1 amide bonds. The molecule has 1 rings (SSSR count). The van der Waals surface area contributed by atoms with Gasteiger partial charge in [-0.05, 0) is 24.6 Å². The molecule has 2 unspecified atom stereocenters. The Kier molecular flexibility index (Phi) is 5.44. The first-order valence-electron chi connectivity index (χ1n) is 5.89. The smallest absolute Gasteiger partial charge is 0.327 e. The van der Waals surface area contributed by atoms with Crippen LogP contribution in [0, 0.1) is 5.82 Å². The van der Waals surface area contributed by atoms with Crippen molar-refractivity contribution >= 4 is 11.9 Å². The van der Waals surface area contributed by atoms with E-state index in [1.807, 2.05) is 0 Å². The fourth-order valence-electron chi connectivity index (χ4n) is 1.63. The lowest BCUT2D eigenvalue weighted by Gasteiger charge is -2.18. The van der Waals surface area contributed by atoms with Crippen LogP contribution in [0.15, 0.2) is 24.3 Å². The Morgan fingerprint density at radius 2 is 2.11 bits per heavy atom. The van der Waals surface area contributed by atoms with Crippen LogP contribution in [0.4, 0.5) is 4.39 Å². The van der Waals surface area contributed by atoms with Crippen LogP contribution >= 0.6 is 0 Å². The fraction of sp³-hybridized carbons (Fsp3) is 0.385. The summed E-state index contributed by atoms with van der Waals surface area (Å²) >= 11 is 0. The summed E-state index contributed by atoms with van der Waals surface area (Å²) in [4.78, 5) is 21.8. The van der Waals surface area contributed by atoms with Crippen molar-refractivity contribution in [2.75, 3.05) is 6.54 Å². The van der Waals surface area contributed by atoms with E-state index in [1.165, 1.54) is 19.1 Å². The number of benzene rings is 1. The van der Waals surface area contributed by atoms with Gasteiger partial charge in [0.2, 0.25) is 5.91 Å². The Morgan fingerprint density at radius 1 is 1.42 bits per heavy atom. The van der Waals surface area contributed by atoms with Gasteiger partial charge in [-0.25, -0.2) is 9.18 Å². The molecule has 0 aromatic heterocycles. The molecule has 0 saturated heterocycles. The second-order valence-electron chi connectivity index (χ2n) is 4.28. The molecule has 2 atom stereocenters. The summed E-state index contributed by atoms with van der Waals surface area (Å²) in [7, 11) is 0. The Hall–Kier alpha value is -1.95. The number of hydrogen-bond acceptors (Lipinski definition) is 3. The number of hydrogen-bond donors (Lipinski definition) is 3. The summed E-state index contributed by atoms with van der Waals surface area (Å²) < 4.78 is 13.0. The summed E-state index contributed by atoms with van der Waals surface area (Å²) in [5, 5.41) is 14.2. The van der Waals surface area contributed by atoms with E-state index in [-0.39, 0.29) is 18.4 Å². The van der Waals surface area contributed by atoms with Crippen LogP contribution in [-0.2, 0) is 9.59 Å². The highest BCUT2D eigenvalue weighted by atomic mass is 19.1. The minimum Gasteiger partial charge on any atom is -0.480 e. The van der Waals surface area contributed by atoms with Crippen molar-refractivity contribution < 1.29 is 19.1 Å². The molecule has 0 aliphatic carbocycles. The van der Waals surface area contributed by atoms with Gasteiger partial charge in [0.25, 0.3) is 0 Å². The van der Waals surface area contributed by atoms with E-state index in [2.05, 4.69) is 10.6 Å². The van der Waals surface area contributed by atoms with Gasteiger partial charge >= 0.3 is 5.97 Å². The molecule has 0 aliphatic heterocycles. The van der Waals surface area contributed by atoms with Crippen molar-refractivity contribution in [1.29, 1.82) is 0 Å². The van der Waals surface area contributed by atoms with Crippen LogP contribution in [0.3, 0.4) is 0 Å². The number of amides is 1. The molecule has 104 valence electrons. The molecule has 5 nitrogen and oxygen atoms in total. The topological polar surface area (TPSA) is 78.4 Å². The SMILES string of the molecule is CC(=O)NC(CNC(C)c1cccc(F)c1)C(=O)O. The van der Waals surface area contributed by atoms with Gasteiger partial charge in [0.05, 0.1) is 0 Å². The average Bonchev–Trinajstić information content (AvgIpc) is 2.33. The minimum atomic E-state index is -1.12. The Balaban J connectivity index is 2.59. The van der Waals surface area contributed by atoms with Crippen LogP contribution < -0.4 is 10.6 Å². The van der Waals surface area contributed by atoms with Crippen molar-refractivity contribution in [2.45, 2.75) is 25.9 Å². The van der Waals surface area contributed by atoms with Gasteiger partial charge in [-0.15, -0.1) is 0 Å². The van der Waals surface area contributed by atoms with Crippen LogP contribution in [0.1, 0.15) is 25.5 Å². The lowest BCUT2D eigenvalue weighted by Crippen LogP contribution is -2.46. The standard InChI is InChI=1S/C13H17FN2O3/c1-8(10-4-3-5-11(14)6-10)15-7-12(13(18)19)16-9(2)17/h3-6,8,12,15H,7H2,1-2H3,(H,16,17)(H,18,19). The van der Waals surface area contributed by atoms with Crippen molar-refractivity contribution in [2.24, 2.45) is 0 Å². The number of carboxylic acid groups (broad SMARTS) is 1. The van der Waals surface area contributed by atoms with E-state index in [0.29, 0.717) is 5.56 Å². The number of carbonyl (C=O) groups is 2. The van der Waals surface area contributed by atoms with E-state index >= 15 is 0 Å². The second-order valence-corrected chi connectivity index (χ2v) is 4.28. The summed E-state index contributed by atoms with van der Waals surface area (Å²) in [5.74, 6) is -1.87. The Bertz CT molecular complexity index is 465. The highest BCUT2D eigenvalue weighted by molar-refractivity contribution is 5.82. The molecule has 0 aliphatic rings. The third-order valence-corrected chi connectivity index (χ3v) is 2.65. The second kappa shape index (κ2) is 6.84. The molecular formula is C13H17FN2O3. The number of nitrogens with one attached hydrogen (secondary N) is 2. The molecule has 0 radical (unpaired) electrons. The monoisotopic (exact) mass is 268 g/mol. The Morgan fingerprint density at radius 3 is 2.63 bits per heavy atom. The zero-order valence-corrected chi connectivity index (χ0v) is 10.8. The normalized spacial score (nSPS) is 13.6. The Labute approximate surface area is 110 Å². The van der Waals surface area contributed by atoms with E-state index in [0.717, 1.165) is 0 Å². The van der Waals surface area contributed by atoms with Crippen molar-refractivity contribution in [3.8, 4) is 0 Å². The van der Waals surface area contributed by atoms with Crippen LogP contribution in [0.2, 0.25) is 0 Å². The molecule has 19 heavy (non-hydrogen) atoms. The van der Waals surface area contributed by atoms with E-state index in [9.17, 15) is 14.0 Å². The maximum absolute atomic E-state index is 13.0. The largest absolute Gasteiger partial charge is 0.480 e. The highest BCUT2D eigenvalue weighted by Crippen LogP contribution is 2.13. The van der Waals surface area contributed by atoms with Crippen molar-refractivity contribution in [3.63, 3.8) is 0 Å². The molecular weight excluding hydrogens is 251 g/mol. The quantitative estimate of drug-likeness (QED) is 0.721. The summed E-state index contributed by atoms with van der Waals surface area (Å²) in [6, 6.07) is 4.83. The predicted octanol–water partition coefficient (Wildman–Crippen LogP) is 1.07. The number of carboxylic acids is 1. The van der Waals surface area contributed by atoms with Gasteiger partial charge in [-0.3, -0.25) is 4.79 Å². The zero-order chi connectivity index (χ0) is 14.4. The van der Waals surface area contributed by atoms with Crippen LogP contribution in [0.5, 0.6) is 0 Å². The molecule has 0 saturated carbocycles. The number of halogens is 1.